The molecule has 0 heterocycles. The second-order valence-corrected chi connectivity index (χ2v) is 7.54. The van der Waals surface area contributed by atoms with E-state index in [-0.39, 0.29) is 5.75 Å². The average Bonchev–Trinajstić information content (AvgIpc) is 3.19. The second-order valence-electron chi connectivity index (χ2n) is 5.13. The van der Waals surface area contributed by atoms with E-state index in [1.807, 2.05) is 0 Å². The summed E-state index contributed by atoms with van der Waals surface area (Å²) in [6.45, 7) is 0.769. The third-order valence-corrected chi connectivity index (χ3v) is 6.45. The molecular weight excluding hydrogens is 296 g/mol. The van der Waals surface area contributed by atoms with E-state index in [0.717, 1.165) is 0 Å². The Bertz CT molecular complexity index is 636. The maximum Gasteiger partial charge on any atom is 0.314 e. The van der Waals surface area contributed by atoms with Gasteiger partial charge < -0.3 is 14.9 Å². The normalized spacial score (nSPS) is 28.1. The van der Waals surface area contributed by atoms with Crippen LogP contribution in [0.1, 0.15) is 18.4 Å². The van der Waals surface area contributed by atoms with Crippen LogP contribution in [0.5, 0.6) is 5.75 Å². The molecule has 1 aliphatic carbocycles. The van der Waals surface area contributed by atoms with Crippen molar-refractivity contribution in [1.82, 2.24) is 0 Å². The molecule has 0 aromatic heterocycles. The molecule has 1 saturated carbocycles. The predicted octanol–water partition coefficient (Wildman–Crippen LogP) is 0.659. The summed E-state index contributed by atoms with van der Waals surface area (Å²) in [6.07, 6.45) is 0. The summed E-state index contributed by atoms with van der Waals surface area (Å²) in [5.41, 5.74) is -1.07. The molecule has 2 rings (SSSR count). The fraction of sp³-hybridized carbons (Fsp3) is 0.500. The Hall–Kier alpha value is -1.60. The summed E-state index contributed by atoms with van der Waals surface area (Å²) in [6, 6.07) is 6.57. The van der Waals surface area contributed by atoms with Gasteiger partial charge in [0.25, 0.3) is 0 Å². The van der Waals surface area contributed by atoms with Gasteiger partial charge in [0, 0.05) is 11.7 Å². The van der Waals surface area contributed by atoms with Crippen LogP contribution in [-0.4, -0.2) is 49.3 Å². The van der Waals surface area contributed by atoms with Gasteiger partial charge in [0.2, 0.25) is 0 Å². The first-order valence-electron chi connectivity index (χ1n) is 6.55. The van der Waals surface area contributed by atoms with Crippen molar-refractivity contribution >= 4 is 15.8 Å². The van der Waals surface area contributed by atoms with Gasteiger partial charge >= 0.3 is 5.97 Å². The van der Waals surface area contributed by atoms with E-state index < -0.39 is 39.0 Å². The third-order valence-electron chi connectivity index (χ3n) is 4.18. The van der Waals surface area contributed by atoms with Gasteiger partial charge in [-0.05, 0) is 17.7 Å². The number of hydrogen-bond donors (Lipinski definition) is 2. The zero-order valence-corrected chi connectivity index (χ0v) is 12.6. The lowest BCUT2D eigenvalue weighted by Crippen LogP contribution is -2.28. The summed E-state index contributed by atoms with van der Waals surface area (Å²) in [4.78, 5) is 11.5. The molecule has 0 amide bonds. The number of aliphatic carboxylic acids is 1. The molecule has 1 aromatic rings. The van der Waals surface area contributed by atoms with Gasteiger partial charge in [0.1, 0.15) is 11.2 Å². The minimum absolute atomic E-state index is 0.153. The highest BCUT2D eigenvalue weighted by Crippen LogP contribution is 2.63. The Morgan fingerprint density at radius 1 is 1.33 bits per heavy atom. The molecule has 0 bridgehead atoms. The van der Waals surface area contributed by atoms with Crippen molar-refractivity contribution in [3.63, 3.8) is 0 Å². The molecule has 3 atom stereocenters. The van der Waals surface area contributed by atoms with Gasteiger partial charge in [-0.2, -0.15) is 0 Å². The fourth-order valence-electron chi connectivity index (χ4n) is 2.91. The Balaban J connectivity index is 2.47. The fourth-order valence-corrected chi connectivity index (χ4v) is 4.96. The summed E-state index contributed by atoms with van der Waals surface area (Å²) in [7, 11) is -2.07. The quantitative estimate of drug-likeness (QED) is 0.800. The van der Waals surface area contributed by atoms with Crippen LogP contribution >= 0.6 is 0 Å². The molecule has 6 nitrogen and oxygen atoms in total. The number of rotatable bonds is 6. The highest BCUT2D eigenvalue weighted by Gasteiger charge is 2.75. The molecule has 1 aliphatic rings. The van der Waals surface area contributed by atoms with E-state index in [1.54, 1.807) is 24.3 Å². The summed E-state index contributed by atoms with van der Waals surface area (Å²) in [5.74, 6) is -1.58. The standard InChI is InChI=1S/C14H18O6S/c1-3-21(18,19)12-11(14(12,8-15)13(16)17)9-4-6-10(20-2)7-5-9/h4-7,11-12,15H,3,8H2,1-2H3,(H,16,17)/t11-,12-,14-/m1/s1. The lowest BCUT2D eigenvalue weighted by molar-refractivity contribution is -0.145. The topological polar surface area (TPSA) is 101 Å². The van der Waals surface area contributed by atoms with Crippen LogP contribution in [0.4, 0.5) is 0 Å². The molecule has 0 saturated heterocycles. The molecule has 116 valence electrons. The maximum absolute atomic E-state index is 12.1. The monoisotopic (exact) mass is 314 g/mol. The number of hydrogen-bond acceptors (Lipinski definition) is 5. The molecule has 21 heavy (non-hydrogen) atoms. The first-order chi connectivity index (χ1) is 9.85. The third kappa shape index (κ3) is 2.30. The molecule has 0 radical (unpaired) electrons. The first-order valence-corrected chi connectivity index (χ1v) is 8.26. The van der Waals surface area contributed by atoms with Crippen molar-refractivity contribution in [1.29, 1.82) is 0 Å². The van der Waals surface area contributed by atoms with Crippen LogP contribution < -0.4 is 4.74 Å². The number of methoxy groups -OCH3 is 1. The van der Waals surface area contributed by atoms with Crippen molar-refractivity contribution in [3.8, 4) is 5.75 Å². The minimum atomic E-state index is -3.57. The first kappa shape index (κ1) is 15.8. The molecule has 7 heteroatoms. The van der Waals surface area contributed by atoms with Crippen molar-refractivity contribution in [3.05, 3.63) is 29.8 Å². The van der Waals surface area contributed by atoms with E-state index in [0.29, 0.717) is 11.3 Å². The smallest absolute Gasteiger partial charge is 0.314 e. The lowest BCUT2D eigenvalue weighted by atomic mass is 10.00. The van der Waals surface area contributed by atoms with E-state index in [1.165, 1.54) is 14.0 Å². The molecule has 0 aliphatic heterocycles. The van der Waals surface area contributed by atoms with Crippen molar-refractivity contribution in [2.45, 2.75) is 18.1 Å². The second kappa shape index (κ2) is 5.31. The SMILES string of the molecule is CCS(=O)(=O)[C@@H]1[C@@H](c2ccc(OC)cc2)[C@@]1(CO)C(=O)O. The van der Waals surface area contributed by atoms with Gasteiger partial charge in [0.05, 0.1) is 19.0 Å². The number of carboxylic acid groups (broad SMARTS) is 1. The zero-order valence-electron chi connectivity index (χ0n) is 11.8. The Labute approximate surface area is 123 Å². The summed E-state index contributed by atoms with van der Waals surface area (Å²) in [5, 5.41) is 17.8. The molecule has 2 N–H and O–H groups in total. The lowest BCUT2D eigenvalue weighted by Gasteiger charge is -2.09. The number of aliphatic hydroxyl groups is 1. The summed E-state index contributed by atoms with van der Waals surface area (Å²) >= 11 is 0. The number of aliphatic hydroxyl groups excluding tert-OH is 1. The Morgan fingerprint density at radius 3 is 2.29 bits per heavy atom. The van der Waals surface area contributed by atoms with E-state index >= 15 is 0 Å². The molecule has 0 unspecified atom stereocenters. The van der Waals surface area contributed by atoms with Crippen LogP contribution in [0.2, 0.25) is 0 Å². The molecule has 1 aromatic carbocycles. The van der Waals surface area contributed by atoms with Gasteiger partial charge in [-0.1, -0.05) is 19.1 Å². The van der Waals surface area contributed by atoms with Crippen LogP contribution in [0.15, 0.2) is 24.3 Å². The van der Waals surface area contributed by atoms with Crippen LogP contribution in [0.25, 0.3) is 0 Å². The number of carboxylic acids is 1. The van der Waals surface area contributed by atoms with E-state index in [2.05, 4.69) is 0 Å². The minimum Gasteiger partial charge on any atom is -0.497 e. The Morgan fingerprint density at radius 2 is 1.90 bits per heavy atom. The van der Waals surface area contributed by atoms with Gasteiger partial charge in [-0.25, -0.2) is 8.42 Å². The van der Waals surface area contributed by atoms with Crippen molar-refractivity contribution in [2.75, 3.05) is 19.5 Å². The number of sulfone groups is 1. The van der Waals surface area contributed by atoms with Gasteiger partial charge in [-0.15, -0.1) is 0 Å². The maximum atomic E-state index is 12.1. The zero-order chi connectivity index (χ0) is 15.8. The van der Waals surface area contributed by atoms with Crippen LogP contribution in [0, 0.1) is 5.41 Å². The largest absolute Gasteiger partial charge is 0.497 e. The highest BCUT2D eigenvalue weighted by molar-refractivity contribution is 7.92. The van der Waals surface area contributed by atoms with Crippen LogP contribution in [0.3, 0.4) is 0 Å². The van der Waals surface area contributed by atoms with E-state index in [9.17, 15) is 23.4 Å². The van der Waals surface area contributed by atoms with E-state index in [4.69, 9.17) is 4.74 Å². The van der Waals surface area contributed by atoms with Gasteiger partial charge in [-0.3, -0.25) is 4.79 Å². The number of carbonyl (C=O) groups is 1. The molecular formula is C14H18O6S. The van der Waals surface area contributed by atoms with Crippen LogP contribution in [-0.2, 0) is 14.6 Å². The number of ether oxygens (including phenoxy) is 1. The number of benzene rings is 1. The highest BCUT2D eigenvalue weighted by atomic mass is 32.2. The molecule has 0 spiro atoms. The van der Waals surface area contributed by atoms with Crippen molar-refractivity contribution in [2.24, 2.45) is 5.41 Å². The predicted molar refractivity (Wildman–Crippen MR) is 76.1 cm³/mol. The Kier molecular flexibility index (Phi) is 3.99. The average molecular weight is 314 g/mol. The van der Waals surface area contributed by atoms with Gasteiger partial charge in [0.15, 0.2) is 9.84 Å². The molecule has 1 fully saturated rings. The summed E-state index contributed by atoms with van der Waals surface area (Å²) < 4.78 is 29.3. The van der Waals surface area contributed by atoms with Crippen molar-refractivity contribution < 1.29 is 28.2 Å².